The zero-order valence-electron chi connectivity index (χ0n) is 15.0. The van der Waals surface area contributed by atoms with E-state index in [-0.39, 0.29) is 12.5 Å². The van der Waals surface area contributed by atoms with Gasteiger partial charge in [0.05, 0.1) is 6.54 Å². The molecule has 1 amide bonds. The first-order valence-electron chi connectivity index (χ1n) is 8.84. The molecule has 2 aromatic rings. The first-order valence-corrected chi connectivity index (χ1v) is 10.4. The van der Waals surface area contributed by atoms with Gasteiger partial charge in [0.2, 0.25) is 15.9 Å². The molecule has 0 radical (unpaired) electrons. The van der Waals surface area contributed by atoms with Gasteiger partial charge in [-0.2, -0.15) is 0 Å². The Morgan fingerprint density at radius 3 is 2.15 bits per heavy atom. The molecule has 0 aromatic heterocycles. The van der Waals surface area contributed by atoms with Gasteiger partial charge in [0.25, 0.3) is 0 Å². The lowest BCUT2D eigenvalue weighted by Gasteiger charge is -2.36. The molecule has 6 nitrogen and oxygen atoms in total. The smallest absolute Gasteiger partial charge is 0.237 e. The Labute approximate surface area is 160 Å². The summed E-state index contributed by atoms with van der Waals surface area (Å²) in [7, 11) is -3.66. The number of amides is 1. The summed E-state index contributed by atoms with van der Waals surface area (Å²) >= 11 is 0. The molecule has 0 bridgehead atoms. The van der Waals surface area contributed by atoms with Crippen molar-refractivity contribution in [2.45, 2.75) is 0 Å². The highest BCUT2D eigenvalue weighted by molar-refractivity contribution is 7.92. The van der Waals surface area contributed by atoms with Crippen molar-refractivity contribution in [2.24, 2.45) is 0 Å². The van der Waals surface area contributed by atoms with Crippen LogP contribution in [0.1, 0.15) is 5.56 Å². The molecule has 27 heavy (non-hydrogen) atoms. The van der Waals surface area contributed by atoms with Gasteiger partial charge in [-0.25, -0.2) is 13.1 Å². The van der Waals surface area contributed by atoms with Crippen molar-refractivity contribution < 1.29 is 13.2 Å². The second-order valence-corrected chi connectivity index (χ2v) is 7.93. The molecule has 1 aliphatic rings. The first kappa shape index (κ1) is 19.1. The third kappa shape index (κ3) is 5.67. The molecular formula is C20H23N3O3S. The van der Waals surface area contributed by atoms with E-state index in [1.54, 1.807) is 4.90 Å². The molecule has 2 aromatic carbocycles. The van der Waals surface area contributed by atoms with Gasteiger partial charge in [0, 0.05) is 37.3 Å². The molecule has 0 spiro atoms. The van der Waals surface area contributed by atoms with Gasteiger partial charge >= 0.3 is 0 Å². The minimum absolute atomic E-state index is 0.209. The van der Waals surface area contributed by atoms with Crippen LogP contribution >= 0.6 is 0 Å². The van der Waals surface area contributed by atoms with E-state index in [9.17, 15) is 13.2 Å². The summed E-state index contributed by atoms with van der Waals surface area (Å²) in [5.74, 6) is -0.209. The quantitative estimate of drug-likeness (QED) is 0.825. The number of hydrogen-bond donors (Lipinski definition) is 1. The predicted molar refractivity (Wildman–Crippen MR) is 108 cm³/mol. The Hall–Kier alpha value is -2.64. The average molecular weight is 385 g/mol. The van der Waals surface area contributed by atoms with Crippen LogP contribution in [0.5, 0.6) is 0 Å². The van der Waals surface area contributed by atoms with Crippen molar-refractivity contribution in [3.63, 3.8) is 0 Å². The molecule has 1 fully saturated rings. The van der Waals surface area contributed by atoms with E-state index >= 15 is 0 Å². The minimum Gasteiger partial charge on any atom is -0.368 e. The van der Waals surface area contributed by atoms with E-state index in [1.807, 2.05) is 60.7 Å². The summed E-state index contributed by atoms with van der Waals surface area (Å²) in [6.45, 7) is 2.39. The van der Waals surface area contributed by atoms with E-state index in [1.165, 1.54) is 6.08 Å². The number of piperazine rings is 1. The maximum Gasteiger partial charge on any atom is 0.237 e. The van der Waals surface area contributed by atoms with Gasteiger partial charge in [0.1, 0.15) is 0 Å². The fourth-order valence-electron chi connectivity index (χ4n) is 2.91. The highest BCUT2D eigenvalue weighted by Gasteiger charge is 2.22. The normalized spacial score (nSPS) is 15.3. The standard InChI is InChI=1S/C20H23N3O3S/c24-20(17-21-27(25,26)16-11-18-7-3-1-4-8-18)23-14-12-22(13-15-23)19-9-5-2-6-10-19/h1-11,16,21H,12-15,17H2/b16-11+. The summed E-state index contributed by atoms with van der Waals surface area (Å²) in [6, 6.07) is 19.2. The number of sulfonamides is 1. The van der Waals surface area contributed by atoms with Crippen LogP contribution in [-0.2, 0) is 14.8 Å². The maximum atomic E-state index is 12.3. The number of nitrogens with zero attached hydrogens (tertiary/aromatic N) is 2. The van der Waals surface area contributed by atoms with Crippen LogP contribution in [0, 0.1) is 0 Å². The summed E-state index contributed by atoms with van der Waals surface area (Å²) < 4.78 is 26.5. The molecule has 142 valence electrons. The third-order valence-corrected chi connectivity index (χ3v) is 5.46. The van der Waals surface area contributed by atoms with Gasteiger partial charge in [0.15, 0.2) is 0 Å². The Bertz CT molecular complexity index is 875. The summed E-state index contributed by atoms with van der Waals surface area (Å²) in [6.07, 6.45) is 1.51. The number of nitrogens with one attached hydrogen (secondary N) is 1. The van der Waals surface area contributed by atoms with Crippen molar-refractivity contribution in [3.8, 4) is 0 Å². The van der Waals surface area contributed by atoms with Crippen LogP contribution in [-0.4, -0.2) is 51.9 Å². The molecular weight excluding hydrogens is 362 g/mol. The molecule has 0 aliphatic carbocycles. The predicted octanol–water partition coefficient (Wildman–Crippen LogP) is 1.93. The van der Waals surface area contributed by atoms with Crippen LogP contribution in [0.25, 0.3) is 6.08 Å². The molecule has 1 N–H and O–H groups in total. The number of carbonyl (C=O) groups excluding carboxylic acids is 1. The van der Waals surface area contributed by atoms with Crippen LogP contribution < -0.4 is 9.62 Å². The second-order valence-electron chi connectivity index (χ2n) is 6.28. The molecule has 0 unspecified atom stereocenters. The first-order chi connectivity index (χ1) is 13.0. The van der Waals surface area contributed by atoms with Gasteiger partial charge < -0.3 is 9.80 Å². The number of hydrogen-bond acceptors (Lipinski definition) is 4. The number of benzene rings is 2. The molecule has 1 saturated heterocycles. The average Bonchev–Trinajstić information content (AvgIpc) is 2.72. The van der Waals surface area contributed by atoms with Gasteiger partial charge in [-0.3, -0.25) is 4.79 Å². The highest BCUT2D eigenvalue weighted by Crippen LogP contribution is 2.15. The van der Waals surface area contributed by atoms with Crippen molar-refractivity contribution in [1.29, 1.82) is 0 Å². The molecule has 1 aliphatic heterocycles. The molecule has 3 rings (SSSR count). The van der Waals surface area contributed by atoms with E-state index < -0.39 is 10.0 Å². The minimum atomic E-state index is -3.66. The fraction of sp³-hybridized carbons (Fsp3) is 0.250. The number of para-hydroxylation sites is 1. The van der Waals surface area contributed by atoms with Crippen molar-refractivity contribution in [1.82, 2.24) is 9.62 Å². The van der Waals surface area contributed by atoms with E-state index in [2.05, 4.69) is 9.62 Å². The maximum absolute atomic E-state index is 12.3. The SMILES string of the molecule is O=C(CNS(=O)(=O)/C=C/c1ccccc1)N1CCN(c2ccccc2)CC1. The Morgan fingerprint density at radius 2 is 1.52 bits per heavy atom. The van der Waals surface area contributed by atoms with E-state index in [0.717, 1.165) is 29.7 Å². The summed E-state index contributed by atoms with van der Waals surface area (Å²) in [5.41, 5.74) is 1.92. The Morgan fingerprint density at radius 1 is 0.926 bits per heavy atom. The lowest BCUT2D eigenvalue weighted by molar-refractivity contribution is -0.130. The van der Waals surface area contributed by atoms with E-state index in [0.29, 0.717) is 13.1 Å². The molecule has 0 saturated carbocycles. The highest BCUT2D eigenvalue weighted by atomic mass is 32.2. The van der Waals surface area contributed by atoms with Gasteiger partial charge in [-0.15, -0.1) is 0 Å². The Balaban J connectivity index is 1.47. The third-order valence-electron chi connectivity index (χ3n) is 4.42. The van der Waals surface area contributed by atoms with Crippen LogP contribution in [0.2, 0.25) is 0 Å². The zero-order valence-corrected chi connectivity index (χ0v) is 15.8. The van der Waals surface area contributed by atoms with Crippen LogP contribution in [0.4, 0.5) is 5.69 Å². The number of carbonyl (C=O) groups is 1. The lowest BCUT2D eigenvalue weighted by Crippen LogP contribution is -2.51. The monoisotopic (exact) mass is 385 g/mol. The van der Waals surface area contributed by atoms with Crippen molar-refractivity contribution in [3.05, 3.63) is 71.6 Å². The summed E-state index contributed by atoms with van der Waals surface area (Å²) in [5, 5.41) is 1.09. The van der Waals surface area contributed by atoms with Gasteiger partial charge in [-0.1, -0.05) is 48.5 Å². The topological polar surface area (TPSA) is 69.7 Å². The van der Waals surface area contributed by atoms with Crippen LogP contribution in [0.15, 0.2) is 66.1 Å². The molecule has 1 heterocycles. The Kier molecular flexibility index (Phi) is 6.26. The van der Waals surface area contributed by atoms with E-state index in [4.69, 9.17) is 0 Å². The van der Waals surface area contributed by atoms with Crippen molar-refractivity contribution >= 4 is 27.7 Å². The largest absolute Gasteiger partial charge is 0.368 e. The number of anilines is 1. The zero-order chi connectivity index (χ0) is 19.1. The molecule has 7 heteroatoms. The van der Waals surface area contributed by atoms with Gasteiger partial charge in [-0.05, 0) is 23.8 Å². The van der Waals surface area contributed by atoms with Crippen LogP contribution in [0.3, 0.4) is 0 Å². The molecule has 0 atom stereocenters. The number of rotatable bonds is 6. The fourth-order valence-corrected chi connectivity index (χ4v) is 3.66. The lowest BCUT2D eigenvalue weighted by atomic mass is 10.2. The second kappa shape index (κ2) is 8.83. The summed E-state index contributed by atoms with van der Waals surface area (Å²) in [4.78, 5) is 16.2. The van der Waals surface area contributed by atoms with Crippen molar-refractivity contribution in [2.75, 3.05) is 37.6 Å².